The van der Waals surface area contributed by atoms with Crippen LogP contribution in [0.2, 0.25) is 0 Å². The quantitative estimate of drug-likeness (QED) is 0.720. The van der Waals surface area contributed by atoms with Gasteiger partial charge in [-0.1, -0.05) is 18.0 Å². The van der Waals surface area contributed by atoms with Gasteiger partial charge in [-0.25, -0.2) is 0 Å². The average Bonchev–Trinajstić information content (AvgIpc) is 3.15. The van der Waals surface area contributed by atoms with Crippen molar-refractivity contribution in [2.75, 3.05) is 37.6 Å². The molecule has 7 nitrogen and oxygen atoms in total. The number of hydrogen-bond donors (Lipinski definition) is 1. The molecule has 0 saturated carbocycles. The molecule has 2 saturated heterocycles. The van der Waals surface area contributed by atoms with E-state index in [0.29, 0.717) is 18.4 Å². The van der Waals surface area contributed by atoms with E-state index in [1.807, 2.05) is 12.1 Å². The van der Waals surface area contributed by atoms with Gasteiger partial charge in [-0.15, -0.1) is 0 Å². The Balaban J connectivity index is 1.27. The van der Waals surface area contributed by atoms with Gasteiger partial charge < -0.3 is 19.6 Å². The molecule has 1 aromatic heterocycles. The van der Waals surface area contributed by atoms with Crippen LogP contribution in [-0.2, 0) is 0 Å². The van der Waals surface area contributed by atoms with E-state index in [2.05, 4.69) is 44.3 Å². The molecule has 0 aliphatic carbocycles. The molecule has 0 radical (unpaired) electrons. The summed E-state index contributed by atoms with van der Waals surface area (Å²) in [5, 5.41) is 6.94. The molecule has 2 fully saturated rings. The molecular weight excluding hydrogens is 390 g/mol. The van der Waals surface area contributed by atoms with E-state index >= 15 is 0 Å². The highest BCUT2D eigenvalue weighted by Gasteiger charge is 2.19. The van der Waals surface area contributed by atoms with Gasteiger partial charge in [0, 0.05) is 36.9 Å². The fraction of sp³-hybridized carbons (Fsp3) is 0.625. The molecule has 31 heavy (non-hydrogen) atoms. The molecule has 0 bridgehead atoms. The third-order valence-electron chi connectivity index (χ3n) is 6.58. The van der Waals surface area contributed by atoms with Gasteiger partial charge in [0.25, 0.3) is 0 Å². The van der Waals surface area contributed by atoms with Crippen LogP contribution in [0.4, 0.5) is 5.69 Å². The lowest BCUT2D eigenvalue weighted by Gasteiger charge is -2.28. The first-order chi connectivity index (χ1) is 15.2. The van der Waals surface area contributed by atoms with Crippen molar-refractivity contribution in [3.8, 4) is 11.4 Å². The van der Waals surface area contributed by atoms with Crippen molar-refractivity contribution in [1.82, 2.24) is 20.4 Å². The third-order valence-corrected chi connectivity index (χ3v) is 6.58. The highest BCUT2D eigenvalue weighted by molar-refractivity contribution is 5.89. The fourth-order valence-electron chi connectivity index (χ4n) is 4.60. The first-order valence-electron chi connectivity index (χ1n) is 11.9. The van der Waals surface area contributed by atoms with Crippen LogP contribution in [-0.4, -0.2) is 59.7 Å². The number of piperidine rings is 1. The molecule has 1 N–H and O–H groups in total. The van der Waals surface area contributed by atoms with Gasteiger partial charge in [0.2, 0.25) is 5.82 Å². The smallest absolute Gasteiger partial charge is 0.316 e. The number of carbonyl (C=O) groups excluding carboxylic acids is 1. The number of hydrogen-bond acceptors (Lipinski definition) is 6. The molecule has 2 aromatic rings. The number of rotatable bonds is 7. The molecule has 4 rings (SSSR count). The zero-order valence-corrected chi connectivity index (χ0v) is 18.7. The van der Waals surface area contributed by atoms with Gasteiger partial charge in [0.05, 0.1) is 0 Å². The summed E-state index contributed by atoms with van der Waals surface area (Å²) in [5.74, 6) is 0.178. The molecule has 2 aliphatic heterocycles. The van der Waals surface area contributed by atoms with E-state index in [9.17, 15) is 4.79 Å². The van der Waals surface area contributed by atoms with Crippen molar-refractivity contribution in [3.63, 3.8) is 0 Å². The van der Waals surface area contributed by atoms with Crippen LogP contribution < -0.4 is 10.2 Å². The van der Waals surface area contributed by atoms with E-state index in [1.54, 1.807) is 0 Å². The number of likely N-dealkylation sites (tertiary alicyclic amines) is 1. The highest BCUT2D eigenvalue weighted by atomic mass is 16.5. The highest BCUT2D eigenvalue weighted by Crippen LogP contribution is 2.23. The lowest BCUT2D eigenvalue weighted by Crippen LogP contribution is -2.37. The average molecular weight is 426 g/mol. The van der Waals surface area contributed by atoms with E-state index in [1.165, 1.54) is 63.7 Å². The van der Waals surface area contributed by atoms with E-state index in [4.69, 9.17) is 4.52 Å². The van der Waals surface area contributed by atoms with Gasteiger partial charge in [-0.3, -0.25) is 4.79 Å². The van der Waals surface area contributed by atoms with Crippen LogP contribution in [0, 0.1) is 0 Å². The fourth-order valence-corrected chi connectivity index (χ4v) is 4.60. The van der Waals surface area contributed by atoms with Crippen molar-refractivity contribution in [2.45, 2.75) is 64.3 Å². The molecule has 168 valence electrons. The summed E-state index contributed by atoms with van der Waals surface area (Å²) in [4.78, 5) is 21.7. The normalized spacial score (nSPS) is 19.1. The second kappa shape index (κ2) is 10.8. The van der Waals surface area contributed by atoms with Gasteiger partial charge in [-0.05, 0) is 82.8 Å². The summed E-state index contributed by atoms with van der Waals surface area (Å²) >= 11 is 0. The van der Waals surface area contributed by atoms with Crippen LogP contribution in [0.1, 0.15) is 69.0 Å². The van der Waals surface area contributed by atoms with Gasteiger partial charge in [0.15, 0.2) is 0 Å². The van der Waals surface area contributed by atoms with Crippen molar-refractivity contribution < 1.29 is 9.32 Å². The largest absolute Gasteiger partial charge is 0.372 e. The Morgan fingerprint density at radius 1 is 1.00 bits per heavy atom. The molecule has 2 aliphatic rings. The topological polar surface area (TPSA) is 74.5 Å². The second-order valence-electron chi connectivity index (χ2n) is 8.86. The molecular formula is C24H35N5O2. The summed E-state index contributed by atoms with van der Waals surface area (Å²) in [6.07, 6.45) is 9.97. The number of nitrogens with zero attached hydrogens (tertiary/aromatic N) is 4. The first-order valence-corrected chi connectivity index (χ1v) is 11.9. The van der Waals surface area contributed by atoms with Crippen LogP contribution in [0.25, 0.3) is 11.4 Å². The Hall–Kier alpha value is -2.41. The van der Waals surface area contributed by atoms with Gasteiger partial charge in [0.1, 0.15) is 0 Å². The first kappa shape index (κ1) is 21.8. The van der Waals surface area contributed by atoms with E-state index in [-0.39, 0.29) is 11.8 Å². The molecule has 0 spiro atoms. The third kappa shape index (κ3) is 5.85. The second-order valence-corrected chi connectivity index (χ2v) is 8.86. The number of carbonyl (C=O) groups is 1. The molecule has 1 amide bonds. The summed E-state index contributed by atoms with van der Waals surface area (Å²) in [5.41, 5.74) is 2.08. The molecule has 3 heterocycles. The minimum Gasteiger partial charge on any atom is -0.372 e. The van der Waals surface area contributed by atoms with Crippen molar-refractivity contribution in [3.05, 3.63) is 30.2 Å². The number of benzene rings is 1. The lowest BCUT2D eigenvalue weighted by atomic mass is 10.1. The van der Waals surface area contributed by atoms with Crippen molar-refractivity contribution in [2.24, 2.45) is 0 Å². The Morgan fingerprint density at radius 2 is 1.65 bits per heavy atom. The predicted molar refractivity (Wildman–Crippen MR) is 122 cm³/mol. The molecule has 7 heteroatoms. The predicted octanol–water partition coefficient (Wildman–Crippen LogP) is 4.11. The Morgan fingerprint density at radius 3 is 2.35 bits per heavy atom. The minimum absolute atomic E-state index is 0.0255. The molecule has 1 atom stereocenters. The zero-order chi connectivity index (χ0) is 21.5. The van der Waals surface area contributed by atoms with Crippen molar-refractivity contribution >= 4 is 11.6 Å². The van der Waals surface area contributed by atoms with E-state index < -0.39 is 0 Å². The van der Waals surface area contributed by atoms with Crippen LogP contribution in [0.15, 0.2) is 28.8 Å². The van der Waals surface area contributed by atoms with Gasteiger partial charge >= 0.3 is 11.8 Å². The Labute approximate surface area is 185 Å². The number of aromatic nitrogens is 2. The lowest BCUT2D eigenvalue weighted by molar-refractivity contribution is 0.0904. The summed E-state index contributed by atoms with van der Waals surface area (Å²) in [6, 6.07) is 8.66. The maximum Gasteiger partial charge on any atom is 0.316 e. The van der Waals surface area contributed by atoms with Gasteiger partial charge in [-0.2, -0.15) is 4.98 Å². The SMILES string of the molecule is CC(CCNC(=O)c1nc(-c2ccc(N3CCCCC3)cc2)no1)N1CCCCCC1. The van der Waals surface area contributed by atoms with Crippen LogP contribution in [0.3, 0.4) is 0 Å². The van der Waals surface area contributed by atoms with Crippen LogP contribution in [0.5, 0.6) is 0 Å². The minimum atomic E-state index is -0.299. The maximum absolute atomic E-state index is 12.4. The number of amides is 1. The summed E-state index contributed by atoms with van der Waals surface area (Å²) in [6.45, 7) is 7.41. The summed E-state index contributed by atoms with van der Waals surface area (Å²) < 4.78 is 5.22. The Bertz CT molecular complexity index is 821. The Kier molecular flexibility index (Phi) is 7.57. The monoisotopic (exact) mass is 425 g/mol. The van der Waals surface area contributed by atoms with E-state index in [0.717, 1.165) is 25.1 Å². The van der Waals surface area contributed by atoms with Crippen LogP contribution >= 0.6 is 0 Å². The summed E-state index contributed by atoms with van der Waals surface area (Å²) in [7, 11) is 0. The standard InChI is InChI=1S/C24H35N5O2/c1-19(28-15-5-2-3-6-16-28)13-14-25-23(30)24-26-22(27-31-24)20-9-11-21(12-10-20)29-17-7-4-8-18-29/h9-12,19H,2-8,13-18H2,1H3,(H,25,30). The number of anilines is 1. The van der Waals surface area contributed by atoms with Crippen molar-refractivity contribution in [1.29, 1.82) is 0 Å². The number of nitrogens with one attached hydrogen (secondary N) is 1. The maximum atomic E-state index is 12.4. The molecule has 1 aromatic carbocycles. The zero-order valence-electron chi connectivity index (χ0n) is 18.7. The molecule has 1 unspecified atom stereocenters.